The van der Waals surface area contributed by atoms with Crippen LogP contribution >= 0.6 is 0 Å². The van der Waals surface area contributed by atoms with Crippen LogP contribution in [0.2, 0.25) is 0 Å². The van der Waals surface area contributed by atoms with Gasteiger partial charge in [0, 0.05) is 6.04 Å². The third kappa shape index (κ3) is 3.53. The highest BCUT2D eigenvalue weighted by Gasteiger charge is 2.27. The number of nitrogens with two attached hydrogens (primary N) is 1. The minimum atomic E-state index is -0.150. The van der Waals surface area contributed by atoms with Crippen molar-refractivity contribution in [2.24, 2.45) is 11.7 Å². The minimum absolute atomic E-state index is 0.00205. The largest absolute Gasteiger partial charge is 0.342 e. The lowest BCUT2D eigenvalue weighted by molar-refractivity contribution is -0.126. The Hall–Kier alpha value is -1.01. The van der Waals surface area contributed by atoms with Crippen molar-refractivity contribution in [2.45, 2.75) is 57.5 Å². The Morgan fingerprint density at radius 3 is 2.81 bits per heavy atom. The molecule has 3 N–H and O–H groups in total. The first-order chi connectivity index (χ1) is 7.69. The van der Waals surface area contributed by atoms with Gasteiger partial charge in [0.25, 0.3) is 0 Å². The predicted octanol–water partition coefficient (Wildman–Crippen LogP) is 1.42. The van der Waals surface area contributed by atoms with Gasteiger partial charge in [-0.1, -0.05) is 32.1 Å². The summed E-state index contributed by atoms with van der Waals surface area (Å²) in [6, 6.07) is -0.152. The standard InChI is InChI=1S/C13H22N2O/c1-3-10(4-2)15-13(16)11-8-6-5-7-9-12(11)14/h1,10-12H,4-9,14H2,2H3,(H,15,16). The van der Waals surface area contributed by atoms with Gasteiger partial charge in [-0.15, -0.1) is 6.42 Å². The number of nitrogens with one attached hydrogen (secondary N) is 1. The highest BCUT2D eigenvalue weighted by molar-refractivity contribution is 5.80. The Kier molecular flexibility index (Phi) is 5.34. The molecule has 90 valence electrons. The summed E-state index contributed by atoms with van der Waals surface area (Å²) in [5.74, 6) is 2.57. The Labute approximate surface area is 98.2 Å². The highest BCUT2D eigenvalue weighted by Crippen LogP contribution is 2.22. The SMILES string of the molecule is C#CC(CC)NC(=O)C1CCCCCC1N. The topological polar surface area (TPSA) is 55.1 Å². The molecule has 0 aromatic rings. The van der Waals surface area contributed by atoms with Gasteiger partial charge in [-0.2, -0.15) is 0 Å². The Bertz CT molecular complexity index is 270. The van der Waals surface area contributed by atoms with Crippen molar-refractivity contribution in [3.05, 3.63) is 0 Å². The number of rotatable bonds is 3. The molecule has 16 heavy (non-hydrogen) atoms. The van der Waals surface area contributed by atoms with Gasteiger partial charge in [0.15, 0.2) is 0 Å². The number of hydrogen-bond acceptors (Lipinski definition) is 2. The third-order valence-corrected chi connectivity index (χ3v) is 3.33. The van der Waals surface area contributed by atoms with E-state index >= 15 is 0 Å². The molecule has 1 rings (SSSR count). The van der Waals surface area contributed by atoms with E-state index in [0.29, 0.717) is 0 Å². The van der Waals surface area contributed by atoms with Crippen LogP contribution in [0.25, 0.3) is 0 Å². The summed E-state index contributed by atoms with van der Waals surface area (Å²) in [5, 5.41) is 2.89. The highest BCUT2D eigenvalue weighted by atomic mass is 16.2. The molecular weight excluding hydrogens is 200 g/mol. The molecule has 1 fully saturated rings. The van der Waals surface area contributed by atoms with Gasteiger partial charge in [-0.3, -0.25) is 4.79 Å². The van der Waals surface area contributed by atoms with Gasteiger partial charge in [-0.25, -0.2) is 0 Å². The van der Waals surface area contributed by atoms with Gasteiger partial charge in [0.2, 0.25) is 5.91 Å². The minimum Gasteiger partial charge on any atom is -0.342 e. The van der Waals surface area contributed by atoms with Gasteiger partial charge < -0.3 is 11.1 Å². The average molecular weight is 222 g/mol. The van der Waals surface area contributed by atoms with Crippen molar-refractivity contribution in [3.63, 3.8) is 0 Å². The van der Waals surface area contributed by atoms with E-state index in [1.54, 1.807) is 0 Å². The average Bonchev–Trinajstić information content (AvgIpc) is 2.50. The van der Waals surface area contributed by atoms with Gasteiger partial charge in [0.05, 0.1) is 12.0 Å². The third-order valence-electron chi connectivity index (χ3n) is 3.33. The number of hydrogen-bond donors (Lipinski definition) is 2. The van der Waals surface area contributed by atoms with Crippen LogP contribution < -0.4 is 11.1 Å². The summed E-state index contributed by atoms with van der Waals surface area (Å²) in [4.78, 5) is 12.0. The van der Waals surface area contributed by atoms with E-state index in [4.69, 9.17) is 12.2 Å². The lowest BCUT2D eigenvalue weighted by Crippen LogP contribution is -2.44. The second-order valence-electron chi connectivity index (χ2n) is 4.54. The fourth-order valence-electron chi connectivity index (χ4n) is 2.20. The number of carbonyl (C=O) groups is 1. The fourth-order valence-corrected chi connectivity index (χ4v) is 2.20. The van der Waals surface area contributed by atoms with Crippen molar-refractivity contribution in [1.29, 1.82) is 0 Å². The molecule has 0 aromatic carbocycles. The predicted molar refractivity (Wildman–Crippen MR) is 65.6 cm³/mol. The van der Waals surface area contributed by atoms with Crippen LogP contribution in [0.1, 0.15) is 45.4 Å². The van der Waals surface area contributed by atoms with Crippen LogP contribution in [0.3, 0.4) is 0 Å². The molecule has 3 unspecified atom stereocenters. The maximum Gasteiger partial charge on any atom is 0.225 e. The molecule has 0 radical (unpaired) electrons. The van der Waals surface area contributed by atoms with Crippen LogP contribution in [0.5, 0.6) is 0 Å². The van der Waals surface area contributed by atoms with E-state index in [1.165, 1.54) is 6.42 Å². The first kappa shape index (κ1) is 13.1. The summed E-state index contributed by atoms with van der Waals surface area (Å²) >= 11 is 0. The molecule has 0 aromatic heterocycles. The van der Waals surface area contributed by atoms with Crippen LogP contribution in [0.15, 0.2) is 0 Å². The van der Waals surface area contributed by atoms with Gasteiger partial charge in [-0.05, 0) is 19.3 Å². The molecule has 0 bridgehead atoms. The maximum absolute atomic E-state index is 12.0. The van der Waals surface area contributed by atoms with E-state index in [0.717, 1.165) is 32.1 Å². The molecule has 0 spiro atoms. The summed E-state index contributed by atoms with van der Waals surface area (Å²) in [6.45, 7) is 1.97. The van der Waals surface area contributed by atoms with Crippen molar-refractivity contribution in [3.8, 4) is 12.3 Å². The van der Waals surface area contributed by atoms with Crippen LogP contribution in [0.4, 0.5) is 0 Å². The fraction of sp³-hybridized carbons (Fsp3) is 0.769. The van der Waals surface area contributed by atoms with Gasteiger partial charge >= 0.3 is 0 Å². The van der Waals surface area contributed by atoms with Crippen molar-refractivity contribution in [1.82, 2.24) is 5.32 Å². The molecule has 3 atom stereocenters. The zero-order valence-electron chi connectivity index (χ0n) is 10.0. The molecule has 0 aliphatic heterocycles. The number of amides is 1. The molecule has 0 heterocycles. The van der Waals surface area contributed by atoms with E-state index < -0.39 is 0 Å². The molecule has 0 saturated heterocycles. The maximum atomic E-state index is 12.0. The van der Waals surface area contributed by atoms with E-state index in [-0.39, 0.29) is 23.9 Å². The van der Waals surface area contributed by atoms with Crippen molar-refractivity contribution in [2.75, 3.05) is 0 Å². The Morgan fingerprint density at radius 1 is 1.50 bits per heavy atom. The van der Waals surface area contributed by atoms with E-state index in [1.807, 2.05) is 6.92 Å². The lowest BCUT2D eigenvalue weighted by Gasteiger charge is -2.22. The molecule has 1 saturated carbocycles. The van der Waals surface area contributed by atoms with Crippen molar-refractivity contribution >= 4 is 5.91 Å². The number of terminal acetylenes is 1. The molecule has 3 heteroatoms. The molecule has 3 nitrogen and oxygen atoms in total. The van der Waals surface area contributed by atoms with Crippen molar-refractivity contribution < 1.29 is 4.79 Å². The molecule has 1 amide bonds. The second-order valence-corrected chi connectivity index (χ2v) is 4.54. The van der Waals surface area contributed by atoms with Crippen LogP contribution in [0, 0.1) is 18.3 Å². The normalized spacial score (nSPS) is 27.6. The Morgan fingerprint density at radius 2 is 2.19 bits per heavy atom. The molecule has 1 aliphatic rings. The summed E-state index contributed by atoms with van der Waals surface area (Å²) in [6.07, 6.45) is 11.4. The van der Waals surface area contributed by atoms with E-state index in [2.05, 4.69) is 11.2 Å². The van der Waals surface area contributed by atoms with Crippen LogP contribution in [-0.4, -0.2) is 18.0 Å². The van der Waals surface area contributed by atoms with Crippen LogP contribution in [-0.2, 0) is 4.79 Å². The first-order valence-electron chi connectivity index (χ1n) is 6.21. The monoisotopic (exact) mass is 222 g/mol. The quantitative estimate of drug-likeness (QED) is 0.560. The zero-order valence-corrected chi connectivity index (χ0v) is 10.0. The lowest BCUT2D eigenvalue weighted by atomic mass is 9.94. The van der Waals surface area contributed by atoms with Gasteiger partial charge in [0.1, 0.15) is 0 Å². The van der Waals surface area contributed by atoms with E-state index in [9.17, 15) is 4.79 Å². The molecular formula is C13H22N2O. The second kappa shape index (κ2) is 6.55. The summed E-state index contributed by atoms with van der Waals surface area (Å²) in [5.41, 5.74) is 6.03. The molecule has 1 aliphatic carbocycles. The summed E-state index contributed by atoms with van der Waals surface area (Å²) in [7, 11) is 0. The smallest absolute Gasteiger partial charge is 0.225 e. The zero-order chi connectivity index (χ0) is 12.0. The Balaban J connectivity index is 2.54. The number of carbonyl (C=O) groups excluding carboxylic acids is 1. The summed E-state index contributed by atoms with van der Waals surface area (Å²) < 4.78 is 0. The first-order valence-corrected chi connectivity index (χ1v) is 6.21.